The molecule has 3 fully saturated rings. The van der Waals surface area contributed by atoms with Gasteiger partial charge in [-0.3, -0.25) is 14.6 Å². The summed E-state index contributed by atoms with van der Waals surface area (Å²) in [7, 11) is 0. The monoisotopic (exact) mass is 578 g/mol. The Morgan fingerprint density at radius 2 is 1.46 bits per heavy atom. The van der Waals surface area contributed by atoms with E-state index in [1.807, 2.05) is 30.5 Å². The van der Waals surface area contributed by atoms with Crippen LogP contribution in [-0.2, 0) is 18.8 Å². The van der Waals surface area contributed by atoms with Crippen molar-refractivity contribution in [1.29, 1.82) is 0 Å². The van der Waals surface area contributed by atoms with Crippen LogP contribution in [0.4, 0.5) is 26.3 Å². The van der Waals surface area contributed by atoms with Crippen molar-refractivity contribution in [2.75, 3.05) is 32.7 Å². The second-order valence-corrected chi connectivity index (χ2v) is 11.6. The standard InChI is InChI=1S/C30H32F6N4O/c31-29(32,33)21-11-19(12-22(14-21)30(34,35)36)28(41)40-18-24-8-7-23(38-9-3-4-10-38)16-39(24)17-25(40)13-20-15-37-27-6-2-1-5-26(20)27/h1-2,5-6,11-12,14-15,23-25,37H,3-4,7-10,13,16-18H2/t23-,24+,25+/m0/s1. The lowest BCUT2D eigenvalue weighted by Gasteiger charge is -2.51. The summed E-state index contributed by atoms with van der Waals surface area (Å²) in [6, 6.07) is 8.89. The van der Waals surface area contributed by atoms with Crippen molar-refractivity contribution in [2.45, 2.75) is 62.6 Å². The number of nitrogens with one attached hydrogen (secondary N) is 1. The second kappa shape index (κ2) is 10.7. The fraction of sp³-hybridized carbons (Fsp3) is 0.500. The van der Waals surface area contributed by atoms with E-state index < -0.39 is 41.0 Å². The lowest BCUT2D eigenvalue weighted by Crippen LogP contribution is -2.64. The molecular formula is C30H32F6N4O. The molecule has 3 aliphatic heterocycles. The Morgan fingerprint density at radius 3 is 2.12 bits per heavy atom. The van der Waals surface area contributed by atoms with E-state index in [4.69, 9.17) is 0 Å². The number of carbonyl (C=O) groups excluding carboxylic acids is 1. The van der Waals surface area contributed by atoms with E-state index >= 15 is 0 Å². The Morgan fingerprint density at radius 1 is 0.829 bits per heavy atom. The molecule has 4 heterocycles. The van der Waals surface area contributed by atoms with Crippen LogP contribution in [0.3, 0.4) is 0 Å². The zero-order valence-electron chi connectivity index (χ0n) is 22.4. The molecule has 0 aliphatic carbocycles. The maximum atomic E-state index is 13.9. The predicted molar refractivity (Wildman–Crippen MR) is 142 cm³/mol. The first-order valence-electron chi connectivity index (χ1n) is 14.1. The average molecular weight is 579 g/mol. The van der Waals surface area contributed by atoms with Crippen LogP contribution in [0.25, 0.3) is 10.9 Å². The van der Waals surface area contributed by atoms with Crippen molar-refractivity contribution in [3.8, 4) is 0 Å². The number of benzene rings is 2. The van der Waals surface area contributed by atoms with Crippen molar-refractivity contribution in [3.05, 3.63) is 70.9 Å². The molecule has 0 unspecified atom stereocenters. The van der Waals surface area contributed by atoms with Crippen molar-refractivity contribution in [2.24, 2.45) is 0 Å². The minimum absolute atomic E-state index is 0.00454. The van der Waals surface area contributed by atoms with Crippen LogP contribution in [0.5, 0.6) is 0 Å². The Kier molecular flexibility index (Phi) is 7.30. The van der Waals surface area contributed by atoms with Gasteiger partial charge in [0, 0.05) is 60.4 Å². The fourth-order valence-corrected chi connectivity index (χ4v) is 6.88. The molecule has 1 N–H and O–H groups in total. The number of piperazine rings is 1. The number of halogens is 6. The zero-order valence-corrected chi connectivity index (χ0v) is 22.4. The third-order valence-electron chi connectivity index (χ3n) is 8.97. The summed E-state index contributed by atoms with van der Waals surface area (Å²) in [5.74, 6) is -0.798. The normalized spacial score (nSPS) is 24.6. The maximum Gasteiger partial charge on any atom is 0.416 e. The summed E-state index contributed by atoms with van der Waals surface area (Å²) < 4.78 is 81.6. The second-order valence-electron chi connectivity index (χ2n) is 11.6. The maximum absolute atomic E-state index is 13.9. The molecule has 0 saturated carbocycles. The van der Waals surface area contributed by atoms with Gasteiger partial charge in [-0.15, -0.1) is 0 Å². The number of piperidine rings is 1. The van der Waals surface area contributed by atoms with E-state index in [-0.39, 0.29) is 18.7 Å². The first-order chi connectivity index (χ1) is 19.5. The van der Waals surface area contributed by atoms with E-state index in [1.165, 1.54) is 17.7 Å². The van der Waals surface area contributed by atoms with E-state index in [1.54, 1.807) is 0 Å². The topological polar surface area (TPSA) is 42.6 Å². The summed E-state index contributed by atoms with van der Waals surface area (Å²) in [6.07, 6.45) is -3.60. The van der Waals surface area contributed by atoms with Gasteiger partial charge in [0.25, 0.3) is 5.91 Å². The van der Waals surface area contributed by atoms with Crippen LogP contribution < -0.4 is 0 Å². The molecular weight excluding hydrogens is 546 g/mol. The van der Waals surface area contributed by atoms with Gasteiger partial charge in [-0.1, -0.05) is 18.2 Å². The SMILES string of the molecule is O=C(c1cc(C(F)(F)F)cc(C(F)(F)F)c1)N1C[C@H]2CC[C@H](N3CCCC3)CN2C[C@H]1Cc1c[nH]c2ccccc12. The molecule has 3 aliphatic rings. The smallest absolute Gasteiger partial charge is 0.361 e. The third-order valence-corrected chi connectivity index (χ3v) is 8.97. The highest BCUT2D eigenvalue weighted by Gasteiger charge is 2.43. The quantitative estimate of drug-likeness (QED) is 0.375. The summed E-state index contributed by atoms with van der Waals surface area (Å²) in [5.41, 5.74) is -1.67. The number of likely N-dealkylation sites (tertiary alicyclic amines) is 1. The Hall–Kier alpha value is -3.05. The van der Waals surface area contributed by atoms with Crippen LogP contribution in [0.1, 0.15) is 52.7 Å². The molecule has 0 radical (unpaired) electrons. The van der Waals surface area contributed by atoms with Crippen LogP contribution in [0.15, 0.2) is 48.7 Å². The Labute approximate surface area is 234 Å². The van der Waals surface area contributed by atoms with E-state index in [0.29, 0.717) is 31.1 Å². The van der Waals surface area contributed by atoms with Gasteiger partial charge in [-0.05, 0) is 75.0 Å². The lowest BCUT2D eigenvalue weighted by atomic mass is 9.90. The van der Waals surface area contributed by atoms with Gasteiger partial charge in [0.2, 0.25) is 0 Å². The Balaban J connectivity index is 1.33. The molecule has 5 nitrogen and oxygen atoms in total. The van der Waals surface area contributed by atoms with Gasteiger partial charge < -0.3 is 9.88 Å². The number of fused-ring (bicyclic) bond motifs is 2. The van der Waals surface area contributed by atoms with Crippen molar-refractivity contribution < 1.29 is 31.1 Å². The van der Waals surface area contributed by atoms with Gasteiger partial charge in [-0.2, -0.15) is 26.3 Å². The van der Waals surface area contributed by atoms with Crippen LogP contribution in [0, 0.1) is 0 Å². The number of amides is 1. The van der Waals surface area contributed by atoms with E-state index in [9.17, 15) is 31.1 Å². The van der Waals surface area contributed by atoms with Crippen LogP contribution in [0.2, 0.25) is 0 Å². The fourth-order valence-electron chi connectivity index (χ4n) is 6.88. The minimum atomic E-state index is -5.02. The molecule has 6 rings (SSSR count). The van der Waals surface area contributed by atoms with Gasteiger partial charge in [0.05, 0.1) is 11.1 Å². The molecule has 11 heteroatoms. The summed E-state index contributed by atoms with van der Waals surface area (Å²) in [6.45, 7) is 3.76. The number of rotatable bonds is 4. The highest BCUT2D eigenvalue weighted by molar-refractivity contribution is 5.95. The first-order valence-corrected chi connectivity index (χ1v) is 14.1. The van der Waals surface area contributed by atoms with Crippen LogP contribution in [-0.4, -0.2) is 76.4 Å². The molecule has 1 aromatic heterocycles. The van der Waals surface area contributed by atoms with E-state index in [0.717, 1.165) is 48.9 Å². The number of hydrogen-bond donors (Lipinski definition) is 1. The number of nitrogens with zero attached hydrogens (tertiary/aromatic N) is 3. The summed E-state index contributed by atoms with van der Waals surface area (Å²) in [5, 5.41) is 0.981. The molecule has 220 valence electrons. The molecule has 0 bridgehead atoms. The number of alkyl halides is 6. The summed E-state index contributed by atoms with van der Waals surface area (Å²) >= 11 is 0. The first kappa shape index (κ1) is 28.1. The number of para-hydroxylation sites is 1. The minimum Gasteiger partial charge on any atom is -0.361 e. The number of aromatic nitrogens is 1. The predicted octanol–water partition coefficient (Wildman–Crippen LogP) is 6.20. The van der Waals surface area contributed by atoms with Crippen molar-refractivity contribution >= 4 is 16.8 Å². The average Bonchev–Trinajstić information content (AvgIpc) is 3.62. The van der Waals surface area contributed by atoms with Gasteiger partial charge >= 0.3 is 12.4 Å². The molecule has 3 saturated heterocycles. The van der Waals surface area contributed by atoms with Crippen LogP contribution >= 0.6 is 0 Å². The van der Waals surface area contributed by atoms with E-state index in [2.05, 4.69) is 14.8 Å². The number of carbonyl (C=O) groups is 1. The van der Waals surface area contributed by atoms with Gasteiger partial charge in [0.1, 0.15) is 0 Å². The number of hydrogen-bond acceptors (Lipinski definition) is 3. The van der Waals surface area contributed by atoms with Crippen molar-refractivity contribution in [3.63, 3.8) is 0 Å². The summed E-state index contributed by atoms with van der Waals surface area (Å²) in [4.78, 5) is 23.5. The van der Waals surface area contributed by atoms with Crippen molar-refractivity contribution in [1.82, 2.24) is 19.7 Å². The zero-order chi connectivity index (χ0) is 28.9. The molecule has 2 aromatic carbocycles. The Bertz CT molecular complexity index is 1380. The lowest BCUT2D eigenvalue weighted by molar-refractivity contribution is -0.143. The molecule has 3 aromatic rings. The molecule has 3 atom stereocenters. The molecule has 1 amide bonds. The molecule has 0 spiro atoms. The van der Waals surface area contributed by atoms with Gasteiger partial charge in [0.15, 0.2) is 0 Å². The molecule has 41 heavy (non-hydrogen) atoms. The highest BCUT2D eigenvalue weighted by Crippen LogP contribution is 2.38. The largest absolute Gasteiger partial charge is 0.416 e. The highest BCUT2D eigenvalue weighted by atomic mass is 19.4. The van der Waals surface area contributed by atoms with Gasteiger partial charge in [-0.25, -0.2) is 0 Å². The number of H-pyrrole nitrogens is 1. The third kappa shape index (κ3) is 5.70. The number of aromatic amines is 1.